The van der Waals surface area contributed by atoms with Crippen LogP contribution in [0.3, 0.4) is 0 Å². The van der Waals surface area contributed by atoms with Crippen molar-refractivity contribution in [3.05, 3.63) is 92.3 Å². The molecule has 1 N–H and O–H groups in total. The second-order valence-corrected chi connectivity index (χ2v) is 6.80. The number of carbonyl (C=O) groups excluding carboxylic acids is 1. The van der Waals surface area contributed by atoms with E-state index in [1.165, 1.54) is 0 Å². The molecule has 0 unspecified atom stereocenters. The van der Waals surface area contributed by atoms with E-state index in [0.717, 1.165) is 20.4 Å². The maximum absolute atomic E-state index is 13.1. The second kappa shape index (κ2) is 9.80. The average Bonchev–Trinajstić information content (AvgIpc) is 2.76. The van der Waals surface area contributed by atoms with Crippen molar-refractivity contribution in [3.63, 3.8) is 0 Å². The van der Waals surface area contributed by atoms with Crippen LogP contribution in [0.1, 0.15) is 28.0 Å². The van der Waals surface area contributed by atoms with Crippen molar-refractivity contribution in [3.8, 4) is 5.69 Å². The number of nitrogens with one attached hydrogen (secondary N) is 1. The zero-order valence-electron chi connectivity index (χ0n) is 17.0. The first-order valence-corrected chi connectivity index (χ1v) is 9.64. The molecular formula is C22H24N4O4. The van der Waals surface area contributed by atoms with Gasteiger partial charge in [0.25, 0.3) is 11.5 Å². The van der Waals surface area contributed by atoms with Crippen LogP contribution in [0.5, 0.6) is 0 Å². The zero-order chi connectivity index (χ0) is 21.5. The van der Waals surface area contributed by atoms with Crippen LogP contribution in [0.4, 0.5) is 0 Å². The van der Waals surface area contributed by atoms with Gasteiger partial charge in [0.05, 0.1) is 12.2 Å². The van der Waals surface area contributed by atoms with Crippen molar-refractivity contribution in [1.82, 2.24) is 19.7 Å². The number of nitrogens with zero attached hydrogens (tertiary/aromatic N) is 3. The van der Waals surface area contributed by atoms with Crippen molar-refractivity contribution < 1.29 is 9.53 Å². The highest BCUT2D eigenvalue weighted by molar-refractivity contribution is 5.91. The number of amides is 1. The molecule has 0 aliphatic carbocycles. The van der Waals surface area contributed by atoms with E-state index in [1.54, 1.807) is 37.4 Å². The summed E-state index contributed by atoms with van der Waals surface area (Å²) >= 11 is 0. The van der Waals surface area contributed by atoms with Gasteiger partial charge in [0.15, 0.2) is 0 Å². The van der Waals surface area contributed by atoms with E-state index in [-0.39, 0.29) is 12.2 Å². The highest BCUT2D eigenvalue weighted by Crippen LogP contribution is 2.08. The van der Waals surface area contributed by atoms with E-state index in [2.05, 4.69) is 10.4 Å². The van der Waals surface area contributed by atoms with Crippen molar-refractivity contribution >= 4 is 5.91 Å². The largest absolute Gasteiger partial charge is 0.385 e. The summed E-state index contributed by atoms with van der Waals surface area (Å²) in [5, 5.41) is 6.76. The summed E-state index contributed by atoms with van der Waals surface area (Å²) in [6.07, 6.45) is 0.595. The maximum atomic E-state index is 13.1. The minimum atomic E-state index is -0.723. The molecule has 8 nitrogen and oxygen atoms in total. The molecule has 0 atom stereocenters. The monoisotopic (exact) mass is 408 g/mol. The average molecular weight is 408 g/mol. The Bertz CT molecular complexity index is 1140. The molecule has 0 saturated carbocycles. The first-order chi connectivity index (χ1) is 14.5. The summed E-state index contributed by atoms with van der Waals surface area (Å²) in [6, 6.07) is 16.2. The number of methoxy groups -OCH3 is 1. The third-order valence-electron chi connectivity index (χ3n) is 4.68. The Hall–Kier alpha value is -3.52. The molecule has 0 fully saturated rings. The zero-order valence-corrected chi connectivity index (χ0v) is 17.0. The van der Waals surface area contributed by atoms with Gasteiger partial charge in [-0.3, -0.25) is 14.2 Å². The van der Waals surface area contributed by atoms with Crippen LogP contribution in [0.2, 0.25) is 0 Å². The lowest BCUT2D eigenvalue weighted by Gasteiger charge is -2.13. The summed E-state index contributed by atoms with van der Waals surface area (Å²) in [7, 11) is 1.57. The van der Waals surface area contributed by atoms with Gasteiger partial charge in [0.2, 0.25) is 5.69 Å². The molecule has 1 aromatic heterocycles. The number of aromatic nitrogens is 3. The molecule has 0 saturated heterocycles. The summed E-state index contributed by atoms with van der Waals surface area (Å²) in [5.41, 5.74) is 0.565. The van der Waals surface area contributed by atoms with Crippen LogP contribution in [0.15, 0.2) is 64.2 Å². The Morgan fingerprint density at radius 1 is 1.07 bits per heavy atom. The first kappa shape index (κ1) is 21.2. The Balaban J connectivity index is 2.08. The Labute approximate surface area is 173 Å². The van der Waals surface area contributed by atoms with Crippen molar-refractivity contribution in [2.75, 3.05) is 20.3 Å². The molecule has 8 heteroatoms. The van der Waals surface area contributed by atoms with Gasteiger partial charge in [0, 0.05) is 20.3 Å². The number of para-hydroxylation sites is 1. The van der Waals surface area contributed by atoms with Crippen LogP contribution in [-0.2, 0) is 11.3 Å². The topological polar surface area (TPSA) is 95.2 Å². The van der Waals surface area contributed by atoms with Gasteiger partial charge in [-0.05, 0) is 36.6 Å². The smallest absolute Gasteiger partial charge is 0.352 e. The van der Waals surface area contributed by atoms with Gasteiger partial charge in [-0.2, -0.15) is 9.78 Å². The summed E-state index contributed by atoms with van der Waals surface area (Å²) < 4.78 is 7.10. The normalized spacial score (nSPS) is 10.7. The van der Waals surface area contributed by atoms with Crippen molar-refractivity contribution in [1.29, 1.82) is 0 Å². The molecule has 156 valence electrons. The van der Waals surface area contributed by atoms with E-state index in [1.807, 2.05) is 31.2 Å². The third-order valence-corrected chi connectivity index (χ3v) is 4.68. The molecule has 3 aromatic rings. The lowest BCUT2D eigenvalue weighted by atomic mass is 10.1. The van der Waals surface area contributed by atoms with E-state index >= 15 is 0 Å². The number of hydrogen-bond acceptors (Lipinski definition) is 5. The molecule has 2 aromatic carbocycles. The van der Waals surface area contributed by atoms with Gasteiger partial charge < -0.3 is 10.1 Å². The third kappa shape index (κ3) is 4.72. The minimum absolute atomic E-state index is 0.0453. The molecule has 0 spiro atoms. The molecular weight excluding hydrogens is 384 g/mol. The summed E-state index contributed by atoms with van der Waals surface area (Å²) in [6.45, 7) is 2.76. The fourth-order valence-corrected chi connectivity index (χ4v) is 2.99. The molecule has 0 aliphatic heterocycles. The van der Waals surface area contributed by atoms with Crippen LogP contribution in [0.25, 0.3) is 5.69 Å². The van der Waals surface area contributed by atoms with Crippen LogP contribution in [0, 0.1) is 6.92 Å². The molecule has 0 radical (unpaired) electrons. The van der Waals surface area contributed by atoms with E-state index in [4.69, 9.17) is 4.74 Å². The van der Waals surface area contributed by atoms with Crippen LogP contribution in [-0.4, -0.2) is 40.5 Å². The molecule has 0 bridgehead atoms. The molecule has 1 heterocycles. The molecule has 3 rings (SSSR count). The summed E-state index contributed by atoms with van der Waals surface area (Å²) in [4.78, 5) is 38.8. The number of carbonyl (C=O) groups is 1. The number of benzene rings is 2. The van der Waals surface area contributed by atoms with Gasteiger partial charge in [-0.15, -0.1) is 0 Å². The highest BCUT2D eigenvalue weighted by atomic mass is 16.5. The molecule has 30 heavy (non-hydrogen) atoms. The number of hydrogen-bond donors (Lipinski definition) is 1. The standard InChI is InChI=1S/C22H24N4O4/c1-16-9-6-7-10-17(16)15-25-21(28)19(20(27)23-13-8-14-30-2)24-26(22(25)29)18-11-4-3-5-12-18/h3-7,9-12H,8,13-15H2,1-2H3,(H,23,27). The maximum Gasteiger partial charge on any atom is 0.352 e. The minimum Gasteiger partial charge on any atom is -0.385 e. The quantitative estimate of drug-likeness (QED) is 0.570. The Kier molecular flexibility index (Phi) is 6.92. The van der Waals surface area contributed by atoms with Crippen molar-refractivity contribution in [2.45, 2.75) is 19.9 Å². The lowest BCUT2D eigenvalue weighted by Crippen LogP contribution is -2.46. The van der Waals surface area contributed by atoms with E-state index < -0.39 is 17.2 Å². The van der Waals surface area contributed by atoms with Gasteiger partial charge in [0.1, 0.15) is 0 Å². The lowest BCUT2D eigenvalue weighted by molar-refractivity contribution is 0.0938. The second-order valence-electron chi connectivity index (χ2n) is 6.80. The number of rotatable bonds is 8. The van der Waals surface area contributed by atoms with Crippen LogP contribution < -0.4 is 16.6 Å². The first-order valence-electron chi connectivity index (χ1n) is 9.64. The molecule has 0 aliphatic rings. The van der Waals surface area contributed by atoms with Crippen LogP contribution >= 0.6 is 0 Å². The fraction of sp³-hybridized carbons (Fsp3) is 0.273. The highest BCUT2D eigenvalue weighted by Gasteiger charge is 2.20. The molecule has 1 amide bonds. The predicted molar refractivity (Wildman–Crippen MR) is 113 cm³/mol. The Morgan fingerprint density at radius 3 is 2.47 bits per heavy atom. The van der Waals surface area contributed by atoms with E-state index in [0.29, 0.717) is 25.3 Å². The predicted octanol–water partition coefficient (Wildman–Crippen LogP) is 1.52. The SMILES string of the molecule is COCCCNC(=O)c1nn(-c2ccccc2)c(=O)n(Cc2ccccc2C)c1=O. The Morgan fingerprint density at radius 2 is 1.77 bits per heavy atom. The summed E-state index contributed by atoms with van der Waals surface area (Å²) in [5.74, 6) is -0.626. The van der Waals surface area contributed by atoms with Crippen molar-refractivity contribution in [2.24, 2.45) is 0 Å². The van der Waals surface area contributed by atoms with Gasteiger partial charge in [-0.1, -0.05) is 42.5 Å². The fourth-order valence-electron chi connectivity index (χ4n) is 2.99. The number of aryl methyl sites for hydroxylation is 1. The number of ether oxygens (including phenoxy) is 1. The van der Waals surface area contributed by atoms with E-state index in [9.17, 15) is 14.4 Å². The van der Waals surface area contributed by atoms with Gasteiger partial charge in [-0.25, -0.2) is 4.79 Å². The van der Waals surface area contributed by atoms with Gasteiger partial charge >= 0.3 is 5.69 Å².